The zero-order valence-corrected chi connectivity index (χ0v) is 24.3. The van der Waals surface area contributed by atoms with Crippen molar-refractivity contribution in [3.05, 3.63) is 41.0 Å². The van der Waals surface area contributed by atoms with Crippen LogP contribution < -0.4 is 18.9 Å². The number of aliphatic hydroxyl groups is 1. The molecule has 4 atom stereocenters. The molecule has 2 saturated heterocycles. The number of nitrogens with zero attached hydrogens (tertiary/aromatic N) is 1. The van der Waals surface area contributed by atoms with Gasteiger partial charge in [-0.1, -0.05) is 21.6 Å². The van der Waals surface area contributed by atoms with Crippen molar-refractivity contribution < 1.29 is 38.7 Å². The van der Waals surface area contributed by atoms with E-state index in [4.69, 9.17) is 23.7 Å². The SMILES string of the molecule is COc1cc([C@@H]2c3cc4c(cc3[C@@H](SSCCCN3CCC(O)CC3)[C@H]3COC(=O)[C@H]23)OCO4)cc(OC)c1O. The minimum Gasteiger partial charge on any atom is -0.502 e. The van der Waals surface area contributed by atoms with Gasteiger partial charge >= 0.3 is 5.97 Å². The second-order valence-corrected chi connectivity index (χ2v) is 13.3. The summed E-state index contributed by atoms with van der Waals surface area (Å²) in [5, 5.41) is 20.3. The molecule has 2 aromatic carbocycles. The number of esters is 1. The Kier molecular flexibility index (Phi) is 8.16. The predicted molar refractivity (Wildman–Crippen MR) is 153 cm³/mol. The number of carbonyl (C=O) groups is 1. The van der Waals surface area contributed by atoms with E-state index < -0.39 is 5.92 Å². The number of fused-ring (bicyclic) bond motifs is 3. The molecular weight excluding hydrogens is 554 g/mol. The van der Waals surface area contributed by atoms with E-state index in [2.05, 4.69) is 11.0 Å². The minimum atomic E-state index is -0.398. The highest BCUT2D eigenvalue weighted by Gasteiger charge is 2.53. The van der Waals surface area contributed by atoms with Crippen molar-refractivity contribution in [2.75, 3.05) is 53.0 Å². The maximum atomic E-state index is 13.3. The Morgan fingerprint density at radius 3 is 2.35 bits per heavy atom. The first kappa shape index (κ1) is 27.7. The van der Waals surface area contributed by atoms with Crippen LogP contribution in [0.2, 0.25) is 0 Å². The Morgan fingerprint density at radius 2 is 1.68 bits per heavy atom. The van der Waals surface area contributed by atoms with Crippen molar-refractivity contribution in [1.29, 1.82) is 0 Å². The average Bonchev–Trinajstić information content (AvgIpc) is 3.59. The number of carbonyl (C=O) groups excluding carboxylic acids is 1. The quantitative estimate of drug-likeness (QED) is 0.248. The average molecular weight is 590 g/mol. The van der Waals surface area contributed by atoms with Crippen LogP contribution in [0, 0.1) is 11.8 Å². The molecule has 3 heterocycles. The third-order valence-corrected chi connectivity index (χ3v) is 11.3. The number of methoxy groups -OCH3 is 2. The molecule has 4 aliphatic rings. The smallest absolute Gasteiger partial charge is 0.310 e. The molecule has 6 rings (SSSR count). The number of hydrogen-bond donors (Lipinski definition) is 2. The first-order valence-electron chi connectivity index (χ1n) is 13.7. The summed E-state index contributed by atoms with van der Waals surface area (Å²) >= 11 is 0. The normalized spacial score (nSPS) is 25.8. The van der Waals surface area contributed by atoms with Gasteiger partial charge < -0.3 is 38.8 Å². The standard InChI is InChI=1S/C29H35NO8S2/c1-34-23-10-16(11-24(35-2)27(23)32)25-18-12-21-22(38-15-37-21)13-19(18)28(20-14-36-29(33)26(20)25)40-39-9-3-6-30-7-4-17(31)5-8-30/h10-13,17,20,25-26,28,31-32H,3-9,14-15H2,1-2H3/t20-,25+,26-,28+/m0/s1. The molecule has 9 nitrogen and oxygen atoms in total. The number of phenolic OH excluding ortho intramolecular Hbond substituents is 1. The number of rotatable bonds is 9. The van der Waals surface area contributed by atoms with E-state index in [1.165, 1.54) is 14.2 Å². The van der Waals surface area contributed by atoms with Crippen LogP contribution in [0.25, 0.3) is 0 Å². The van der Waals surface area contributed by atoms with Gasteiger partial charge in [0.1, 0.15) is 0 Å². The van der Waals surface area contributed by atoms with Crippen molar-refractivity contribution in [3.63, 3.8) is 0 Å². The van der Waals surface area contributed by atoms with Gasteiger partial charge in [0.2, 0.25) is 12.5 Å². The summed E-state index contributed by atoms with van der Waals surface area (Å²) < 4.78 is 28.1. The van der Waals surface area contributed by atoms with Crippen LogP contribution in [0.3, 0.4) is 0 Å². The third-order valence-electron chi connectivity index (χ3n) is 8.41. The molecule has 11 heteroatoms. The molecule has 0 aromatic heterocycles. The highest BCUT2D eigenvalue weighted by molar-refractivity contribution is 8.76. The number of likely N-dealkylation sites (tertiary alicyclic amines) is 1. The number of piperidine rings is 1. The Balaban J connectivity index is 1.29. The number of phenols is 1. The number of benzene rings is 2. The summed E-state index contributed by atoms with van der Waals surface area (Å²) in [5.41, 5.74) is 2.91. The lowest BCUT2D eigenvalue weighted by Gasteiger charge is -2.38. The lowest BCUT2D eigenvalue weighted by atomic mass is 9.67. The number of cyclic esters (lactones) is 1. The number of hydrogen-bond acceptors (Lipinski definition) is 11. The molecule has 0 unspecified atom stereocenters. The molecular formula is C29H35NO8S2. The van der Waals surface area contributed by atoms with Crippen LogP contribution >= 0.6 is 21.6 Å². The van der Waals surface area contributed by atoms with Gasteiger partial charge in [-0.2, -0.15) is 0 Å². The van der Waals surface area contributed by atoms with Gasteiger partial charge in [-0.3, -0.25) is 4.79 Å². The lowest BCUT2D eigenvalue weighted by molar-refractivity contribution is -0.141. The maximum Gasteiger partial charge on any atom is 0.310 e. The van der Waals surface area contributed by atoms with E-state index >= 15 is 0 Å². The Labute approximate surface area is 241 Å². The van der Waals surface area contributed by atoms with Gasteiger partial charge in [0.25, 0.3) is 0 Å². The zero-order chi connectivity index (χ0) is 27.8. The van der Waals surface area contributed by atoms with Crippen LogP contribution in [0.1, 0.15) is 47.1 Å². The van der Waals surface area contributed by atoms with Crippen molar-refractivity contribution in [2.45, 2.75) is 36.5 Å². The molecule has 0 bridgehead atoms. The van der Waals surface area contributed by atoms with E-state index in [0.29, 0.717) is 18.1 Å². The van der Waals surface area contributed by atoms with E-state index in [1.54, 1.807) is 22.9 Å². The molecule has 0 amide bonds. The van der Waals surface area contributed by atoms with Crippen LogP contribution in [0.5, 0.6) is 28.7 Å². The highest BCUT2D eigenvalue weighted by atomic mass is 33.1. The first-order chi connectivity index (χ1) is 19.5. The second-order valence-electron chi connectivity index (χ2n) is 10.7. The molecule has 40 heavy (non-hydrogen) atoms. The van der Waals surface area contributed by atoms with E-state index in [1.807, 2.05) is 16.9 Å². The summed E-state index contributed by atoms with van der Waals surface area (Å²) in [7, 11) is 6.63. The van der Waals surface area contributed by atoms with Gasteiger partial charge in [-0.15, -0.1) is 0 Å². The van der Waals surface area contributed by atoms with Crippen LogP contribution in [0.4, 0.5) is 0 Å². The molecule has 1 aliphatic carbocycles. The zero-order valence-electron chi connectivity index (χ0n) is 22.7. The van der Waals surface area contributed by atoms with Crippen molar-refractivity contribution >= 4 is 27.6 Å². The summed E-state index contributed by atoms with van der Waals surface area (Å²) in [4.78, 5) is 15.7. The van der Waals surface area contributed by atoms with E-state index in [0.717, 1.165) is 61.3 Å². The summed E-state index contributed by atoms with van der Waals surface area (Å²) in [6.45, 7) is 3.47. The van der Waals surface area contributed by atoms with Gasteiger partial charge in [-0.05, 0) is 66.8 Å². The summed E-state index contributed by atoms with van der Waals surface area (Å²) in [5.74, 6) is 1.89. The van der Waals surface area contributed by atoms with Gasteiger partial charge in [0, 0.05) is 35.9 Å². The van der Waals surface area contributed by atoms with Crippen molar-refractivity contribution in [3.8, 4) is 28.7 Å². The molecule has 2 N–H and O–H groups in total. The molecule has 2 aromatic rings. The molecule has 3 aliphatic heterocycles. The van der Waals surface area contributed by atoms with E-state index in [-0.39, 0.29) is 53.2 Å². The number of aliphatic hydroxyl groups excluding tert-OH is 1. The van der Waals surface area contributed by atoms with Crippen molar-refractivity contribution in [2.24, 2.45) is 11.8 Å². The van der Waals surface area contributed by atoms with Crippen LogP contribution in [0.15, 0.2) is 24.3 Å². The molecule has 2 fully saturated rings. The molecule has 0 spiro atoms. The molecule has 0 saturated carbocycles. The Hall–Kier alpha value is -2.47. The largest absolute Gasteiger partial charge is 0.502 e. The first-order valence-corrected chi connectivity index (χ1v) is 16.1. The number of ether oxygens (including phenoxy) is 5. The predicted octanol–water partition coefficient (Wildman–Crippen LogP) is 4.34. The van der Waals surface area contributed by atoms with Crippen LogP contribution in [-0.2, 0) is 9.53 Å². The summed E-state index contributed by atoms with van der Waals surface area (Å²) in [6.07, 6.45) is 2.62. The fraction of sp³-hybridized carbons (Fsp3) is 0.552. The monoisotopic (exact) mass is 589 g/mol. The van der Waals surface area contributed by atoms with Gasteiger partial charge in [0.15, 0.2) is 23.0 Å². The fourth-order valence-electron chi connectivity index (χ4n) is 6.34. The lowest BCUT2D eigenvalue weighted by Crippen LogP contribution is -2.36. The Bertz CT molecular complexity index is 1230. The van der Waals surface area contributed by atoms with Crippen molar-refractivity contribution in [1.82, 2.24) is 4.90 Å². The Morgan fingerprint density at radius 1 is 1.00 bits per heavy atom. The summed E-state index contributed by atoms with van der Waals surface area (Å²) in [6, 6.07) is 7.62. The molecule has 0 radical (unpaired) electrons. The second kappa shape index (κ2) is 11.8. The third kappa shape index (κ3) is 5.17. The highest BCUT2D eigenvalue weighted by Crippen LogP contribution is 2.60. The number of aromatic hydroxyl groups is 1. The van der Waals surface area contributed by atoms with Crippen LogP contribution in [-0.4, -0.2) is 80.2 Å². The topological polar surface area (TPSA) is 107 Å². The van der Waals surface area contributed by atoms with E-state index in [9.17, 15) is 15.0 Å². The maximum absolute atomic E-state index is 13.3. The molecule has 216 valence electrons. The fourth-order valence-corrected chi connectivity index (χ4v) is 9.35. The minimum absolute atomic E-state index is 0.0303. The van der Waals surface area contributed by atoms with Gasteiger partial charge in [-0.25, -0.2) is 0 Å². The van der Waals surface area contributed by atoms with Gasteiger partial charge in [0.05, 0.1) is 32.8 Å².